The fourth-order valence-electron chi connectivity index (χ4n) is 1.20. The standard InChI is InChI=1S/C11H22/c1-4-6-7-8-9-10-11(3)5-2/h11H,4,6-10H2,1-3H3. The van der Waals surface area contributed by atoms with Crippen molar-refractivity contribution >= 4 is 0 Å². The Balaban J connectivity index is 2.89. The van der Waals surface area contributed by atoms with Crippen molar-refractivity contribution in [3.63, 3.8) is 0 Å². The monoisotopic (exact) mass is 154 g/mol. The van der Waals surface area contributed by atoms with E-state index in [2.05, 4.69) is 20.3 Å². The molecule has 0 aliphatic heterocycles. The molecular formula is C11H22. The molecule has 0 fully saturated rings. The summed E-state index contributed by atoms with van der Waals surface area (Å²) >= 11 is 0. The number of hydrogen-bond donors (Lipinski definition) is 0. The van der Waals surface area contributed by atoms with E-state index < -0.39 is 0 Å². The topological polar surface area (TPSA) is 0 Å². The molecule has 0 saturated carbocycles. The number of rotatable bonds is 7. The largest absolute Gasteiger partial charge is 0.0654 e. The maximum absolute atomic E-state index is 3.26. The van der Waals surface area contributed by atoms with Crippen LogP contribution in [0.25, 0.3) is 0 Å². The summed E-state index contributed by atoms with van der Waals surface area (Å²) in [7, 11) is 0. The third-order valence-corrected chi connectivity index (χ3v) is 2.23. The zero-order valence-corrected chi connectivity index (χ0v) is 8.32. The van der Waals surface area contributed by atoms with E-state index in [9.17, 15) is 0 Å². The molecule has 0 saturated heterocycles. The SMILES string of the molecule is C[C]C(C)CCCCCCC. The Morgan fingerprint density at radius 3 is 2.27 bits per heavy atom. The minimum Gasteiger partial charge on any atom is -0.0654 e. The van der Waals surface area contributed by atoms with Crippen LogP contribution in [0, 0.1) is 12.3 Å². The van der Waals surface area contributed by atoms with E-state index >= 15 is 0 Å². The third kappa shape index (κ3) is 7.90. The number of hydrogen-bond acceptors (Lipinski definition) is 0. The van der Waals surface area contributed by atoms with E-state index in [0.717, 1.165) is 0 Å². The lowest BCUT2D eigenvalue weighted by atomic mass is 10.0. The Labute approximate surface area is 72.4 Å². The molecule has 0 heteroatoms. The highest BCUT2D eigenvalue weighted by molar-refractivity contribution is 4.65. The minimum absolute atomic E-state index is 0.705. The second-order valence-electron chi connectivity index (χ2n) is 3.39. The third-order valence-electron chi connectivity index (χ3n) is 2.23. The first-order chi connectivity index (χ1) is 5.31. The predicted molar refractivity (Wildman–Crippen MR) is 51.5 cm³/mol. The summed E-state index contributed by atoms with van der Waals surface area (Å²) in [6.07, 6.45) is 11.6. The van der Waals surface area contributed by atoms with Crippen molar-refractivity contribution in [2.24, 2.45) is 5.92 Å². The van der Waals surface area contributed by atoms with Gasteiger partial charge < -0.3 is 0 Å². The first kappa shape index (κ1) is 11.0. The quantitative estimate of drug-likeness (QED) is 0.485. The van der Waals surface area contributed by atoms with Crippen LogP contribution < -0.4 is 0 Å². The van der Waals surface area contributed by atoms with Gasteiger partial charge in [0.25, 0.3) is 0 Å². The average molecular weight is 154 g/mol. The van der Waals surface area contributed by atoms with Crippen LogP contribution in [-0.2, 0) is 0 Å². The molecule has 0 nitrogen and oxygen atoms in total. The second kappa shape index (κ2) is 8.10. The Morgan fingerprint density at radius 1 is 1.09 bits per heavy atom. The maximum atomic E-state index is 3.26. The first-order valence-corrected chi connectivity index (χ1v) is 4.98. The molecule has 0 rings (SSSR count). The highest BCUT2D eigenvalue weighted by Crippen LogP contribution is 2.12. The molecule has 0 spiro atoms. The summed E-state index contributed by atoms with van der Waals surface area (Å²) in [5, 5.41) is 0. The van der Waals surface area contributed by atoms with Gasteiger partial charge in [-0.15, -0.1) is 0 Å². The Kier molecular flexibility index (Phi) is 8.10. The summed E-state index contributed by atoms with van der Waals surface area (Å²) in [5.74, 6) is 0.705. The van der Waals surface area contributed by atoms with E-state index in [-0.39, 0.29) is 0 Å². The highest BCUT2D eigenvalue weighted by atomic mass is 14.0. The zero-order valence-electron chi connectivity index (χ0n) is 8.32. The smallest absolute Gasteiger partial charge is 0.0176 e. The number of unbranched alkanes of at least 4 members (excludes halogenated alkanes) is 4. The van der Waals surface area contributed by atoms with Crippen LogP contribution in [0.3, 0.4) is 0 Å². The van der Waals surface area contributed by atoms with Gasteiger partial charge in [0.15, 0.2) is 0 Å². The minimum atomic E-state index is 0.705. The molecule has 2 radical (unpaired) electrons. The zero-order chi connectivity index (χ0) is 8.53. The van der Waals surface area contributed by atoms with Crippen molar-refractivity contribution in [1.29, 1.82) is 0 Å². The van der Waals surface area contributed by atoms with Crippen LogP contribution in [-0.4, -0.2) is 0 Å². The van der Waals surface area contributed by atoms with Crippen molar-refractivity contribution in [1.82, 2.24) is 0 Å². The second-order valence-corrected chi connectivity index (χ2v) is 3.39. The summed E-state index contributed by atoms with van der Waals surface area (Å²) in [5.41, 5.74) is 0. The molecule has 0 N–H and O–H groups in total. The molecule has 0 amide bonds. The molecular weight excluding hydrogens is 132 g/mol. The van der Waals surface area contributed by atoms with Gasteiger partial charge in [-0.25, -0.2) is 0 Å². The fourth-order valence-corrected chi connectivity index (χ4v) is 1.20. The summed E-state index contributed by atoms with van der Waals surface area (Å²) in [6.45, 7) is 6.55. The molecule has 0 aliphatic rings. The summed E-state index contributed by atoms with van der Waals surface area (Å²) < 4.78 is 0. The van der Waals surface area contributed by atoms with Crippen molar-refractivity contribution in [2.45, 2.75) is 59.3 Å². The summed E-state index contributed by atoms with van der Waals surface area (Å²) in [4.78, 5) is 0. The van der Waals surface area contributed by atoms with E-state index in [1.807, 2.05) is 6.92 Å². The Bertz CT molecular complexity index is 66.4. The van der Waals surface area contributed by atoms with Gasteiger partial charge in [-0.3, -0.25) is 0 Å². The van der Waals surface area contributed by atoms with E-state index in [1.54, 1.807) is 0 Å². The molecule has 0 heterocycles. The lowest BCUT2D eigenvalue weighted by Crippen LogP contribution is -1.92. The van der Waals surface area contributed by atoms with Crippen LogP contribution in [0.5, 0.6) is 0 Å². The molecule has 0 aliphatic carbocycles. The van der Waals surface area contributed by atoms with Crippen LogP contribution in [0.2, 0.25) is 0 Å². The van der Waals surface area contributed by atoms with Gasteiger partial charge in [0.1, 0.15) is 0 Å². The predicted octanol–water partition coefficient (Wildman–Crippen LogP) is 4.08. The normalized spacial score (nSPS) is 13.4. The van der Waals surface area contributed by atoms with Crippen molar-refractivity contribution in [3.8, 4) is 0 Å². The maximum Gasteiger partial charge on any atom is -0.0176 e. The molecule has 1 atom stereocenters. The molecule has 11 heavy (non-hydrogen) atoms. The average Bonchev–Trinajstić information content (AvgIpc) is 2.04. The fraction of sp³-hybridized carbons (Fsp3) is 0.909. The van der Waals surface area contributed by atoms with E-state index in [0.29, 0.717) is 5.92 Å². The van der Waals surface area contributed by atoms with Crippen molar-refractivity contribution < 1.29 is 0 Å². The summed E-state index contributed by atoms with van der Waals surface area (Å²) in [6, 6.07) is 0. The van der Waals surface area contributed by atoms with E-state index in [4.69, 9.17) is 0 Å². The molecule has 0 aromatic heterocycles. The Morgan fingerprint density at radius 2 is 1.73 bits per heavy atom. The van der Waals surface area contributed by atoms with Gasteiger partial charge >= 0.3 is 0 Å². The van der Waals surface area contributed by atoms with E-state index in [1.165, 1.54) is 38.5 Å². The van der Waals surface area contributed by atoms with Crippen LogP contribution in [0.4, 0.5) is 0 Å². The van der Waals surface area contributed by atoms with Crippen LogP contribution in [0.15, 0.2) is 0 Å². The molecule has 66 valence electrons. The Hall–Kier alpha value is 0. The lowest BCUT2D eigenvalue weighted by molar-refractivity contribution is 0.531. The molecule has 1 unspecified atom stereocenters. The van der Waals surface area contributed by atoms with Crippen LogP contribution in [0.1, 0.15) is 59.3 Å². The molecule has 0 bridgehead atoms. The van der Waals surface area contributed by atoms with Gasteiger partial charge in [-0.05, 0) is 12.3 Å². The van der Waals surface area contributed by atoms with Gasteiger partial charge in [0, 0.05) is 0 Å². The van der Waals surface area contributed by atoms with Gasteiger partial charge in [0.2, 0.25) is 0 Å². The van der Waals surface area contributed by atoms with Crippen molar-refractivity contribution in [2.75, 3.05) is 0 Å². The molecule has 0 aromatic carbocycles. The highest BCUT2D eigenvalue weighted by Gasteiger charge is 1.97. The lowest BCUT2D eigenvalue weighted by Gasteiger charge is -2.06. The first-order valence-electron chi connectivity index (χ1n) is 4.98. The van der Waals surface area contributed by atoms with Crippen LogP contribution >= 0.6 is 0 Å². The van der Waals surface area contributed by atoms with Gasteiger partial charge in [-0.2, -0.15) is 0 Å². The van der Waals surface area contributed by atoms with Gasteiger partial charge in [0.05, 0.1) is 0 Å². The molecule has 0 aromatic rings. The van der Waals surface area contributed by atoms with Gasteiger partial charge in [-0.1, -0.05) is 59.3 Å². The van der Waals surface area contributed by atoms with Crippen molar-refractivity contribution in [3.05, 3.63) is 6.42 Å².